The van der Waals surface area contributed by atoms with Crippen LogP contribution in [0, 0.1) is 24.2 Å². The van der Waals surface area contributed by atoms with Crippen LogP contribution in [0.1, 0.15) is 80.8 Å². The Balaban J connectivity index is 0.000000851. The third-order valence-electron chi connectivity index (χ3n) is 8.53. The van der Waals surface area contributed by atoms with Crippen LogP contribution in [-0.2, 0) is 16.6 Å². The van der Waals surface area contributed by atoms with Gasteiger partial charge in [0.15, 0.2) is 0 Å². The van der Waals surface area contributed by atoms with Crippen molar-refractivity contribution >= 4 is 18.2 Å². The van der Waals surface area contributed by atoms with Gasteiger partial charge in [-0.3, -0.25) is 20.0 Å². The topological polar surface area (TPSA) is 194 Å². The number of allylic oxidation sites excluding steroid dienone is 3. The predicted molar refractivity (Wildman–Crippen MR) is 188 cm³/mol. The molecule has 2 amide bonds. The molecule has 0 saturated carbocycles. The number of nitrogens with zero attached hydrogens (tertiary/aromatic N) is 3. The molecule has 0 bridgehead atoms. The van der Waals surface area contributed by atoms with Crippen LogP contribution in [0.2, 0.25) is 0 Å². The number of aliphatic hydroxyl groups is 1. The zero-order valence-corrected chi connectivity index (χ0v) is 28.4. The average Bonchev–Trinajstić information content (AvgIpc) is 3.53. The lowest BCUT2D eigenvalue weighted by Crippen LogP contribution is -2.52. The fraction of sp³-hybridized carbons (Fsp3) is 0.486. The Labute approximate surface area is 280 Å². The summed E-state index contributed by atoms with van der Waals surface area (Å²) in [4.78, 5) is 28.7. The molecule has 2 unspecified atom stereocenters. The normalized spacial score (nSPS) is 19.1. The number of aryl methyl sites for hydroxylation is 1. The molecule has 1 aliphatic carbocycles. The highest BCUT2D eigenvalue weighted by Crippen LogP contribution is 2.46. The SMILES string of the molecule is C#C.C=C(N)/C(C)=C/CC1=C(CC)C(CCNCC)(C(=NC)NNCO)c2ccc(C(=O)NN)cc2CC1.N#CC1CCCN1C=O. The lowest BCUT2D eigenvalue weighted by atomic mass is 9.67. The number of benzene rings is 1. The summed E-state index contributed by atoms with van der Waals surface area (Å²) in [5.41, 5.74) is 20.4. The van der Waals surface area contributed by atoms with Gasteiger partial charge < -0.3 is 26.5 Å². The minimum atomic E-state index is -0.603. The Morgan fingerprint density at radius 3 is 2.57 bits per heavy atom. The van der Waals surface area contributed by atoms with Gasteiger partial charge in [0.25, 0.3) is 5.91 Å². The summed E-state index contributed by atoms with van der Waals surface area (Å²) in [6.45, 7) is 12.2. The Morgan fingerprint density at radius 2 is 2.04 bits per heavy atom. The summed E-state index contributed by atoms with van der Waals surface area (Å²) >= 11 is 0. The molecule has 1 heterocycles. The molecule has 1 aromatic carbocycles. The Bertz CT molecular complexity index is 1360. The van der Waals surface area contributed by atoms with E-state index in [9.17, 15) is 14.7 Å². The number of nitrogens with one attached hydrogen (secondary N) is 4. The van der Waals surface area contributed by atoms with Crippen LogP contribution in [0.25, 0.3) is 0 Å². The first kappa shape index (κ1) is 40.6. The highest BCUT2D eigenvalue weighted by molar-refractivity contribution is 5.98. The number of nitriles is 1. The van der Waals surface area contributed by atoms with Crippen LogP contribution in [0.5, 0.6) is 0 Å². The summed E-state index contributed by atoms with van der Waals surface area (Å²) in [6.07, 6.45) is 16.6. The Hall–Kier alpha value is -4.46. The van der Waals surface area contributed by atoms with Gasteiger partial charge in [-0.1, -0.05) is 43.7 Å². The third-order valence-corrected chi connectivity index (χ3v) is 8.53. The monoisotopic (exact) mass is 647 g/mol. The molecular weight excluding hydrogens is 594 g/mol. The van der Waals surface area contributed by atoms with Crippen LogP contribution >= 0.6 is 0 Å². The summed E-state index contributed by atoms with van der Waals surface area (Å²) in [5, 5.41) is 21.4. The second-order valence-corrected chi connectivity index (χ2v) is 11.1. The van der Waals surface area contributed by atoms with Crippen molar-refractivity contribution in [2.24, 2.45) is 16.6 Å². The Kier molecular flexibility index (Phi) is 18.4. The molecule has 1 aliphatic heterocycles. The number of nitrogens with two attached hydrogens (primary N) is 2. The molecule has 0 spiro atoms. The van der Waals surface area contributed by atoms with E-state index in [0.717, 1.165) is 87.7 Å². The van der Waals surface area contributed by atoms with Crippen LogP contribution < -0.4 is 33.2 Å². The van der Waals surface area contributed by atoms with Crippen molar-refractivity contribution in [1.29, 1.82) is 5.26 Å². The first-order chi connectivity index (χ1) is 22.7. The molecule has 1 aromatic rings. The number of carbonyl (C=O) groups excluding carboxylic acids is 2. The van der Waals surface area contributed by atoms with Crippen molar-refractivity contribution in [1.82, 2.24) is 26.5 Å². The van der Waals surface area contributed by atoms with Gasteiger partial charge in [-0.05, 0) is 93.8 Å². The molecule has 0 radical (unpaired) electrons. The highest BCUT2D eigenvalue weighted by atomic mass is 16.3. The van der Waals surface area contributed by atoms with Gasteiger partial charge in [-0.25, -0.2) is 11.3 Å². The van der Waals surface area contributed by atoms with Crippen molar-refractivity contribution in [3.05, 3.63) is 70.0 Å². The molecule has 2 aliphatic rings. The van der Waals surface area contributed by atoms with Crippen molar-refractivity contribution in [2.45, 2.75) is 77.2 Å². The number of amidine groups is 1. The van der Waals surface area contributed by atoms with Gasteiger partial charge in [0.05, 0.1) is 11.5 Å². The van der Waals surface area contributed by atoms with Crippen molar-refractivity contribution in [3.8, 4) is 18.9 Å². The number of likely N-dealkylation sites (tertiary alicyclic amines) is 1. The standard InChI is InChI=1S/C27H43N7O2.C6H8N2O.C2H2/c1-6-23-20(9-8-18(3)19(4)28)10-11-21-16-22(25(36)33-29)12-13-24(21)27(23,14-15-31-7-2)26(30-5)34-32-17-35;7-4-6-2-1-3-8(6)5-9;1-2/h8,12-13,16,31-32,35H,4,6-7,9-11,14-15,17,28-29H2,1-3,5H3,(H,30,34)(H,33,36);5-6H,1-3H2;1-2H/b18-8+;;. The van der Waals surface area contributed by atoms with E-state index in [4.69, 9.17) is 21.8 Å². The number of hydrogen-bond donors (Lipinski definition) is 7. The van der Waals surface area contributed by atoms with Crippen molar-refractivity contribution < 1.29 is 14.7 Å². The summed E-state index contributed by atoms with van der Waals surface area (Å²) in [5.74, 6) is 5.82. The number of rotatable bonds is 13. The minimum absolute atomic E-state index is 0.150. The van der Waals surface area contributed by atoms with Gasteiger partial charge in [0.2, 0.25) is 6.41 Å². The molecule has 12 heteroatoms. The number of hydrogen-bond acceptors (Lipinski definition) is 9. The van der Waals surface area contributed by atoms with E-state index in [1.807, 2.05) is 25.1 Å². The van der Waals surface area contributed by atoms with Gasteiger partial charge in [0.1, 0.15) is 18.6 Å². The number of aliphatic imine (C=N–C) groups is 1. The number of amides is 2. The zero-order valence-electron chi connectivity index (χ0n) is 28.4. The Morgan fingerprint density at radius 1 is 1.32 bits per heavy atom. The maximum atomic E-state index is 12.4. The smallest absolute Gasteiger partial charge is 0.265 e. The predicted octanol–water partition coefficient (Wildman–Crippen LogP) is 2.44. The van der Waals surface area contributed by atoms with Crippen LogP contribution in [0.3, 0.4) is 0 Å². The molecule has 2 atom stereocenters. The number of nitrogen functional groups attached to an aromatic ring is 1. The van der Waals surface area contributed by atoms with E-state index in [1.54, 1.807) is 11.9 Å². The fourth-order valence-electron chi connectivity index (χ4n) is 6.18. The first-order valence-electron chi connectivity index (χ1n) is 15.9. The second kappa shape index (κ2) is 21.4. The van der Waals surface area contributed by atoms with Gasteiger partial charge in [-0.2, -0.15) is 5.26 Å². The molecule has 47 heavy (non-hydrogen) atoms. The maximum Gasteiger partial charge on any atom is 0.265 e. The molecule has 1 saturated heterocycles. The largest absolute Gasteiger partial charge is 0.399 e. The second-order valence-electron chi connectivity index (χ2n) is 11.1. The van der Waals surface area contributed by atoms with Crippen LogP contribution in [-0.4, -0.2) is 67.6 Å². The number of carbonyl (C=O) groups is 2. The van der Waals surface area contributed by atoms with E-state index in [1.165, 1.54) is 11.1 Å². The van der Waals surface area contributed by atoms with E-state index >= 15 is 0 Å². The maximum absolute atomic E-state index is 12.4. The first-order valence-corrected chi connectivity index (χ1v) is 15.9. The summed E-state index contributed by atoms with van der Waals surface area (Å²) < 4.78 is 0. The number of fused-ring (bicyclic) bond motifs is 1. The molecule has 3 rings (SSSR count). The van der Waals surface area contributed by atoms with Gasteiger partial charge >= 0.3 is 0 Å². The quantitative estimate of drug-likeness (QED) is 0.0144. The highest BCUT2D eigenvalue weighted by Gasteiger charge is 2.44. The van der Waals surface area contributed by atoms with Crippen LogP contribution in [0.15, 0.2) is 58.3 Å². The summed E-state index contributed by atoms with van der Waals surface area (Å²) in [6, 6.07) is 7.69. The molecular formula is C35H53N9O3. The number of hydrazine groups is 2. The molecule has 256 valence electrons. The van der Waals surface area contributed by atoms with E-state index in [2.05, 4.69) is 67.0 Å². The van der Waals surface area contributed by atoms with E-state index in [-0.39, 0.29) is 18.7 Å². The zero-order chi connectivity index (χ0) is 35.4. The number of aliphatic hydroxyl groups excluding tert-OH is 1. The third kappa shape index (κ3) is 10.5. The lowest BCUT2D eigenvalue weighted by molar-refractivity contribution is -0.118. The summed E-state index contributed by atoms with van der Waals surface area (Å²) in [7, 11) is 1.76. The molecule has 0 aromatic heterocycles. The molecule has 12 nitrogen and oxygen atoms in total. The number of terminal acetylenes is 1. The molecule has 1 fully saturated rings. The van der Waals surface area contributed by atoms with Crippen molar-refractivity contribution in [2.75, 3.05) is 33.4 Å². The van der Waals surface area contributed by atoms with Gasteiger partial charge in [-0.15, -0.1) is 12.8 Å². The van der Waals surface area contributed by atoms with Crippen molar-refractivity contribution in [3.63, 3.8) is 0 Å². The van der Waals surface area contributed by atoms with E-state index in [0.29, 0.717) is 17.1 Å². The van der Waals surface area contributed by atoms with Gasteiger partial charge in [0, 0.05) is 24.9 Å². The van der Waals surface area contributed by atoms with E-state index < -0.39 is 5.41 Å². The molecule has 9 N–H and O–H groups in total. The lowest BCUT2D eigenvalue weighted by Gasteiger charge is -2.40. The minimum Gasteiger partial charge on any atom is -0.399 e. The average molecular weight is 648 g/mol. The fourth-order valence-corrected chi connectivity index (χ4v) is 6.18. The van der Waals surface area contributed by atoms with Crippen LogP contribution in [0.4, 0.5) is 0 Å².